The number of aromatic nitrogens is 6. The van der Waals surface area contributed by atoms with Crippen molar-refractivity contribution in [2.75, 3.05) is 0 Å². The summed E-state index contributed by atoms with van der Waals surface area (Å²) >= 11 is 0. The predicted molar refractivity (Wildman–Crippen MR) is 351 cm³/mol. The zero-order valence-electron chi connectivity index (χ0n) is 48.5. The summed E-state index contributed by atoms with van der Waals surface area (Å²) in [6.45, 7) is 13.7. The fourth-order valence-electron chi connectivity index (χ4n) is 13.5. The highest BCUT2D eigenvalue weighted by molar-refractivity contribution is 6.08. The van der Waals surface area contributed by atoms with Gasteiger partial charge in [-0.25, -0.2) is 9.97 Å². The molecule has 0 bridgehead atoms. The molecule has 15 rings (SSSR count). The molecule has 6 nitrogen and oxygen atoms in total. The number of nitrogens with zero attached hydrogens (tertiary/aromatic N) is 6. The van der Waals surface area contributed by atoms with Crippen LogP contribution in [0.2, 0.25) is 0 Å². The minimum Gasteiger partial charge on any atom is -0.323 e. The summed E-state index contributed by atoms with van der Waals surface area (Å²) in [5.74, 6) is 1.79. The third kappa shape index (κ3) is 9.06. The van der Waals surface area contributed by atoms with Crippen LogP contribution in [0.5, 0.6) is 0 Å². The van der Waals surface area contributed by atoms with Crippen LogP contribution in [0.25, 0.3) is 134 Å². The number of rotatable bonds is 10. The van der Waals surface area contributed by atoms with Crippen molar-refractivity contribution in [3.8, 4) is 112 Å². The van der Waals surface area contributed by atoms with Gasteiger partial charge in [0.25, 0.3) is 0 Å². The number of pyridine rings is 1. The molecule has 6 heteroatoms. The van der Waals surface area contributed by atoms with Crippen LogP contribution < -0.4 is 0 Å². The van der Waals surface area contributed by atoms with Crippen molar-refractivity contribution >= 4 is 21.9 Å². The second-order valence-corrected chi connectivity index (χ2v) is 23.0. The molecule has 10 aromatic carbocycles. The summed E-state index contributed by atoms with van der Waals surface area (Å²) in [6, 6.07) is 82.8. The second-order valence-electron chi connectivity index (χ2n) is 23.0. The molecule has 1 aliphatic rings. The molecule has 0 N–H and O–H groups in total. The molecule has 0 amide bonds. The minimum atomic E-state index is 0.557. The highest BCUT2D eigenvalue weighted by Crippen LogP contribution is 2.47. The van der Waals surface area contributed by atoms with Gasteiger partial charge in [-0.05, 0) is 190 Å². The number of para-hydroxylation sites is 1. The van der Waals surface area contributed by atoms with E-state index in [0.29, 0.717) is 17.6 Å². The molecule has 1 aliphatic carbocycles. The van der Waals surface area contributed by atoms with Crippen LogP contribution in [0.1, 0.15) is 44.5 Å². The Morgan fingerprint density at radius 2 is 0.835 bits per heavy atom. The Morgan fingerprint density at radius 1 is 0.341 bits per heavy atom. The summed E-state index contributed by atoms with van der Waals surface area (Å²) in [5.41, 5.74) is 32.8. The van der Waals surface area contributed by atoms with E-state index < -0.39 is 0 Å². The first-order valence-corrected chi connectivity index (χ1v) is 29.3. The lowest BCUT2D eigenvalue weighted by molar-refractivity contribution is 0.952. The smallest absolute Gasteiger partial charge is 0.238 e. The molecule has 0 fully saturated rings. The van der Waals surface area contributed by atoms with Gasteiger partial charge in [-0.2, -0.15) is 9.97 Å². The van der Waals surface area contributed by atoms with Crippen LogP contribution in [0, 0.1) is 41.5 Å². The standard InChI is InChI=1S/C79H60N6/c1-48-36-60(54-22-11-7-12-23-54)41-63(38-48)73-51(4)72(52(5)74(53(73)6)64-39-49(2)37-61(42-64)55-24-13-8-14-25-55)59-31-21-30-58(40-59)69-47-84(46-50(69)3)66-34-35-67-62(44-66)43-65-45-71-76(80-75(65)67)68-32-19-20-33-70(68)85(71)79-82-77(56-26-15-9-16-27-56)81-78(83-79)57-28-17-10-18-29-57/h7-42,44-47H,43H2,1-6H3. The average molecular weight is 1090 g/mol. The fraction of sp³-hybridized carbons (Fsp3) is 0.0886. The van der Waals surface area contributed by atoms with E-state index in [4.69, 9.17) is 19.9 Å². The van der Waals surface area contributed by atoms with Crippen LogP contribution >= 0.6 is 0 Å². The third-order valence-electron chi connectivity index (χ3n) is 17.3. The Balaban J connectivity index is 0.808. The molecule has 0 atom stereocenters. The first kappa shape index (κ1) is 51.3. The lowest BCUT2D eigenvalue weighted by Crippen LogP contribution is -2.06. The fourth-order valence-corrected chi connectivity index (χ4v) is 13.5. The number of benzene rings is 10. The Hall–Kier alpha value is -10.6. The van der Waals surface area contributed by atoms with E-state index in [1.54, 1.807) is 0 Å². The van der Waals surface area contributed by atoms with Gasteiger partial charge in [0.1, 0.15) is 0 Å². The number of hydrogen-bond acceptors (Lipinski definition) is 4. The van der Waals surface area contributed by atoms with Gasteiger partial charge in [-0.1, -0.05) is 188 Å². The third-order valence-corrected chi connectivity index (χ3v) is 17.3. The molecule has 4 aromatic heterocycles. The van der Waals surface area contributed by atoms with E-state index in [1.807, 2.05) is 60.7 Å². The van der Waals surface area contributed by atoms with Gasteiger partial charge in [0.05, 0.1) is 22.2 Å². The maximum atomic E-state index is 5.53. The van der Waals surface area contributed by atoms with Gasteiger partial charge >= 0.3 is 0 Å². The molecule has 0 radical (unpaired) electrons. The first-order chi connectivity index (χ1) is 41.6. The summed E-state index contributed by atoms with van der Waals surface area (Å²) in [6.07, 6.45) is 5.34. The van der Waals surface area contributed by atoms with Crippen LogP contribution in [0.3, 0.4) is 0 Å². The summed E-state index contributed by atoms with van der Waals surface area (Å²) in [7, 11) is 0. The lowest BCUT2D eigenvalue weighted by Gasteiger charge is -2.25. The van der Waals surface area contributed by atoms with E-state index in [0.717, 1.165) is 50.9 Å². The molecule has 4 heterocycles. The molecule has 0 saturated heterocycles. The molecule has 0 unspecified atom stereocenters. The first-order valence-electron chi connectivity index (χ1n) is 29.3. The topological polar surface area (TPSA) is 61.4 Å². The van der Waals surface area contributed by atoms with Crippen molar-refractivity contribution in [2.45, 2.75) is 48.0 Å². The van der Waals surface area contributed by atoms with E-state index in [-0.39, 0.29) is 0 Å². The molecular formula is C79H60N6. The van der Waals surface area contributed by atoms with Gasteiger partial charge in [0, 0.05) is 52.1 Å². The van der Waals surface area contributed by atoms with Crippen molar-refractivity contribution in [3.05, 3.63) is 287 Å². The minimum absolute atomic E-state index is 0.557. The summed E-state index contributed by atoms with van der Waals surface area (Å²) in [4.78, 5) is 20.9. The van der Waals surface area contributed by atoms with Crippen LogP contribution in [-0.4, -0.2) is 29.1 Å². The largest absolute Gasteiger partial charge is 0.323 e. The quantitative estimate of drug-likeness (QED) is 0.137. The molecule has 14 aromatic rings. The molecule has 85 heavy (non-hydrogen) atoms. The Kier molecular flexibility index (Phi) is 12.5. The van der Waals surface area contributed by atoms with Gasteiger partial charge in [0.15, 0.2) is 11.6 Å². The zero-order valence-corrected chi connectivity index (χ0v) is 48.5. The van der Waals surface area contributed by atoms with Crippen molar-refractivity contribution in [2.24, 2.45) is 0 Å². The highest BCUT2D eigenvalue weighted by atomic mass is 15.2. The second kappa shape index (κ2) is 20.7. The number of fused-ring (bicyclic) bond motifs is 6. The molecule has 0 saturated carbocycles. The van der Waals surface area contributed by atoms with E-state index in [9.17, 15) is 0 Å². The molecular weight excluding hydrogens is 1030 g/mol. The monoisotopic (exact) mass is 1090 g/mol. The Labute approximate surface area is 496 Å². The van der Waals surface area contributed by atoms with E-state index >= 15 is 0 Å². The SMILES string of the molecule is Cc1cc(-c2ccccc2)cc(-c2c(C)c(-c3cc(C)cc(-c4ccccc4)c3)c(C)c(-c3cccc(-c4cn(-c5ccc6c(c5)Cc5cc7c(nc5-6)c5ccccc5n7-c5nc(-c6ccccc6)nc(-c6ccccc6)n5)cc4C)c3)c2C)c1. The Bertz CT molecular complexity index is 4780. The average Bonchev–Trinajstić information content (AvgIpc) is 3.92. The van der Waals surface area contributed by atoms with E-state index in [2.05, 4.69) is 233 Å². The number of aryl methyl sites for hydroxylation is 3. The molecule has 0 spiro atoms. The van der Waals surface area contributed by atoms with Crippen molar-refractivity contribution in [1.82, 2.24) is 29.1 Å². The van der Waals surface area contributed by atoms with Crippen molar-refractivity contribution in [3.63, 3.8) is 0 Å². The van der Waals surface area contributed by atoms with Gasteiger partial charge in [0.2, 0.25) is 5.95 Å². The van der Waals surface area contributed by atoms with Crippen LogP contribution in [0.15, 0.2) is 243 Å². The maximum absolute atomic E-state index is 5.53. The van der Waals surface area contributed by atoms with Crippen molar-refractivity contribution < 1.29 is 0 Å². The van der Waals surface area contributed by atoms with Crippen molar-refractivity contribution in [1.29, 1.82) is 0 Å². The van der Waals surface area contributed by atoms with Crippen LogP contribution in [-0.2, 0) is 6.42 Å². The van der Waals surface area contributed by atoms with Crippen LogP contribution in [0.4, 0.5) is 0 Å². The van der Waals surface area contributed by atoms with Gasteiger partial charge in [-0.3, -0.25) is 4.57 Å². The zero-order chi connectivity index (χ0) is 57.4. The highest BCUT2D eigenvalue weighted by Gasteiger charge is 2.27. The predicted octanol–water partition coefficient (Wildman–Crippen LogP) is 19.9. The Morgan fingerprint density at radius 3 is 1.42 bits per heavy atom. The lowest BCUT2D eigenvalue weighted by atomic mass is 9.79. The maximum Gasteiger partial charge on any atom is 0.238 e. The molecule has 406 valence electrons. The molecule has 0 aliphatic heterocycles. The summed E-state index contributed by atoms with van der Waals surface area (Å²) < 4.78 is 4.47. The van der Waals surface area contributed by atoms with E-state index in [1.165, 1.54) is 117 Å². The summed E-state index contributed by atoms with van der Waals surface area (Å²) in [5, 5.41) is 1.05. The van der Waals surface area contributed by atoms with Gasteiger partial charge in [-0.15, -0.1) is 0 Å². The van der Waals surface area contributed by atoms with Gasteiger partial charge < -0.3 is 4.57 Å². The number of hydrogen-bond donors (Lipinski definition) is 0. The normalized spacial score (nSPS) is 11.8.